The number of anilines is 1. The molecule has 7 nitrogen and oxygen atoms in total. The highest BCUT2D eigenvalue weighted by Crippen LogP contribution is 2.46. The van der Waals surface area contributed by atoms with Gasteiger partial charge in [0.25, 0.3) is 0 Å². The molecule has 0 aromatic heterocycles. The van der Waals surface area contributed by atoms with Crippen molar-refractivity contribution in [1.29, 1.82) is 0 Å². The number of aliphatic carboxylic acids is 1. The summed E-state index contributed by atoms with van der Waals surface area (Å²) in [6.07, 6.45) is -4.65. The third kappa shape index (κ3) is 4.23. The summed E-state index contributed by atoms with van der Waals surface area (Å²) >= 11 is 1.51. The fourth-order valence-corrected chi connectivity index (χ4v) is 3.71. The number of benzene rings is 1. The van der Waals surface area contributed by atoms with Gasteiger partial charge < -0.3 is 21.5 Å². The van der Waals surface area contributed by atoms with E-state index in [0.717, 1.165) is 10.6 Å². The maximum absolute atomic E-state index is 12.2. The number of nitrogens with two attached hydrogens (primary N) is 1. The Balaban J connectivity index is 0.000000277. The van der Waals surface area contributed by atoms with Crippen molar-refractivity contribution in [2.45, 2.75) is 28.3 Å². The molecule has 2 amide bonds. The van der Waals surface area contributed by atoms with Gasteiger partial charge in [-0.2, -0.15) is 13.2 Å². The number of hydrogen-bond donors (Lipinski definition) is 4. The van der Waals surface area contributed by atoms with Gasteiger partial charge in [-0.15, -0.1) is 11.8 Å². The molecule has 25 heavy (non-hydrogen) atoms. The average molecular weight is 377 g/mol. The fraction of sp³-hybridized carbons (Fsp3) is 0.357. The zero-order valence-electron chi connectivity index (χ0n) is 12.6. The van der Waals surface area contributed by atoms with Gasteiger partial charge in [0.05, 0.1) is 11.7 Å². The van der Waals surface area contributed by atoms with Crippen molar-refractivity contribution in [2.24, 2.45) is 5.73 Å². The van der Waals surface area contributed by atoms with Crippen molar-refractivity contribution in [1.82, 2.24) is 5.32 Å². The predicted octanol–water partition coefficient (Wildman–Crippen LogP) is 0.950. The SMILES string of the molecule is NC(=O)[C@@H]1C[C@]2(CN1)Sc1ccccc1NC2=O.O=C(O)C(F)(F)F. The van der Waals surface area contributed by atoms with E-state index in [4.69, 9.17) is 15.6 Å². The van der Waals surface area contributed by atoms with Gasteiger partial charge in [0.1, 0.15) is 4.75 Å². The maximum Gasteiger partial charge on any atom is 0.490 e. The maximum atomic E-state index is 12.2. The Hall–Kier alpha value is -2.27. The molecule has 1 fully saturated rings. The van der Waals surface area contributed by atoms with Crippen LogP contribution in [0.1, 0.15) is 6.42 Å². The lowest BCUT2D eigenvalue weighted by Gasteiger charge is -2.32. The number of para-hydroxylation sites is 1. The number of nitrogens with one attached hydrogen (secondary N) is 2. The van der Waals surface area contributed by atoms with E-state index in [1.54, 1.807) is 0 Å². The normalized spacial score (nSPS) is 24.8. The molecule has 1 aromatic carbocycles. The van der Waals surface area contributed by atoms with Crippen molar-refractivity contribution in [2.75, 3.05) is 11.9 Å². The molecule has 0 bridgehead atoms. The van der Waals surface area contributed by atoms with Crippen LogP contribution in [-0.4, -0.2) is 46.4 Å². The number of fused-ring (bicyclic) bond motifs is 1. The molecule has 5 N–H and O–H groups in total. The average Bonchev–Trinajstić information content (AvgIpc) is 2.93. The van der Waals surface area contributed by atoms with E-state index in [2.05, 4.69) is 10.6 Å². The van der Waals surface area contributed by atoms with Crippen molar-refractivity contribution in [3.8, 4) is 0 Å². The summed E-state index contributed by atoms with van der Waals surface area (Å²) in [7, 11) is 0. The summed E-state index contributed by atoms with van der Waals surface area (Å²) in [5, 5.41) is 13.0. The zero-order chi connectivity index (χ0) is 18.8. The van der Waals surface area contributed by atoms with Gasteiger partial charge in [-0.05, 0) is 18.6 Å². The third-order valence-electron chi connectivity index (χ3n) is 3.61. The smallest absolute Gasteiger partial charge is 0.475 e. The molecular weight excluding hydrogens is 363 g/mol. The van der Waals surface area contributed by atoms with Crippen LogP contribution in [0, 0.1) is 0 Å². The lowest BCUT2D eigenvalue weighted by atomic mass is 10.0. The van der Waals surface area contributed by atoms with Gasteiger partial charge in [-0.3, -0.25) is 9.59 Å². The Morgan fingerprint density at radius 1 is 1.32 bits per heavy atom. The van der Waals surface area contributed by atoms with Crippen LogP contribution in [0.3, 0.4) is 0 Å². The number of carbonyl (C=O) groups excluding carboxylic acids is 2. The van der Waals surface area contributed by atoms with E-state index < -0.39 is 28.8 Å². The largest absolute Gasteiger partial charge is 0.490 e. The van der Waals surface area contributed by atoms with E-state index in [1.165, 1.54) is 11.8 Å². The third-order valence-corrected chi connectivity index (χ3v) is 5.07. The first-order valence-electron chi connectivity index (χ1n) is 6.97. The van der Waals surface area contributed by atoms with Gasteiger partial charge in [-0.1, -0.05) is 12.1 Å². The quantitative estimate of drug-likeness (QED) is 0.578. The molecule has 2 aliphatic heterocycles. The minimum atomic E-state index is -5.08. The summed E-state index contributed by atoms with van der Waals surface area (Å²) in [6.45, 7) is 0.464. The number of hydrogen-bond acceptors (Lipinski definition) is 5. The molecule has 136 valence electrons. The van der Waals surface area contributed by atoms with Crippen LogP contribution in [0.2, 0.25) is 0 Å². The van der Waals surface area contributed by atoms with Gasteiger partial charge in [-0.25, -0.2) is 4.79 Å². The molecule has 2 aliphatic rings. The van der Waals surface area contributed by atoms with Crippen molar-refractivity contribution < 1.29 is 32.7 Å². The van der Waals surface area contributed by atoms with E-state index >= 15 is 0 Å². The lowest BCUT2D eigenvalue weighted by Crippen LogP contribution is -2.44. The van der Waals surface area contributed by atoms with Crippen LogP contribution in [0.5, 0.6) is 0 Å². The number of carboxylic acids is 1. The molecule has 1 aromatic rings. The summed E-state index contributed by atoms with van der Waals surface area (Å²) < 4.78 is 31.1. The Morgan fingerprint density at radius 3 is 2.44 bits per heavy atom. The number of thioether (sulfide) groups is 1. The van der Waals surface area contributed by atoms with Crippen LogP contribution in [0.15, 0.2) is 29.2 Å². The molecule has 11 heteroatoms. The molecule has 0 radical (unpaired) electrons. The predicted molar refractivity (Wildman–Crippen MR) is 83.0 cm³/mol. The molecule has 0 aliphatic carbocycles. The lowest BCUT2D eigenvalue weighted by molar-refractivity contribution is -0.192. The fourth-order valence-electron chi connectivity index (χ4n) is 2.37. The zero-order valence-corrected chi connectivity index (χ0v) is 13.4. The summed E-state index contributed by atoms with van der Waals surface area (Å²) in [4.78, 5) is 33.4. The van der Waals surface area contributed by atoms with Crippen LogP contribution in [0.25, 0.3) is 0 Å². The number of alkyl halides is 3. The van der Waals surface area contributed by atoms with Crippen LogP contribution in [-0.2, 0) is 14.4 Å². The second-order valence-electron chi connectivity index (χ2n) is 5.39. The van der Waals surface area contributed by atoms with Gasteiger partial charge in [0, 0.05) is 11.4 Å². The number of rotatable bonds is 1. The Kier molecular flexibility index (Phi) is 5.28. The highest BCUT2D eigenvalue weighted by molar-refractivity contribution is 8.01. The molecule has 0 saturated carbocycles. The Labute approximate surface area is 144 Å². The van der Waals surface area contributed by atoms with E-state index in [1.807, 2.05) is 24.3 Å². The highest BCUT2D eigenvalue weighted by Gasteiger charge is 2.50. The van der Waals surface area contributed by atoms with Gasteiger partial charge in [0.15, 0.2) is 0 Å². The first kappa shape index (κ1) is 19.1. The highest BCUT2D eigenvalue weighted by atomic mass is 32.2. The van der Waals surface area contributed by atoms with Gasteiger partial charge >= 0.3 is 12.1 Å². The van der Waals surface area contributed by atoms with E-state index in [0.29, 0.717) is 13.0 Å². The first-order valence-corrected chi connectivity index (χ1v) is 7.79. The molecule has 2 atom stereocenters. The monoisotopic (exact) mass is 377 g/mol. The summed E-state index contributed by atoms with van der Waals surface area (Å²) in [6, 6.07) is 7.25. The number of amides is 2. The second-order valence-corrected chi connectivity index (χ2v) is 6.81. The Morgan fingerprint density at radius 2 is 1.92 bits per heavy atom. The number of halogens is 3. The molecule has 1 spiro atoms. The molecular formula is C14H14F3N3O4S. The topological polar surface area (TPSA) is 122 Å². The van der Waals surface area contributed by atoms with Crippen molar-refractivity contribution in [3.05, 3.63) is 24.3 Å². The summed E-state index contributed by atoms with van der Waals surface area (Å²) in [5.74, 6) is -3.21. The van der Waals surface area contributed by atoms with E-state index in [9.17, 15) is 22.8 Å². The minimum Gasteiger partial charge on any atom is -0.475 e. The molecule has 3 rings (SSSR count). The van der Waals surface area contributed by atoms with Crippen LogP contribution in [0.4, 0.5) is 18.9 Å². The number of primary amides is 1. The van der Waals surface area contributed by atoms with Crippen molar-refractivity contribution in [3.63, 3.8) is 0 Å². The van der Waals surface area contributed by atoms with Gasteiger partial charge in [0.2, 0.25) is 11.8 Å². The van der Waals surface area contributed by atoms with Crippen LogP contribution >= 0.6 is 11.8 Å². The minimum absolute atomic E-state index is 0.0533. The molecule has 1 saturated heterocycles. The molecule has 0 unspecified atom stereocenters. The Bertz CT molecular complexity index is 713. The molecule has 2 heterocycles. The summed E-state index contributed by atoms with van der Waals surface area (Å²) in [5.41, 5.74) is 6.12. The second kappa shape index (κ2) is 6.92. The number of carboxylic acid groups (broad SMARTS) is 1. The first-order chi connectivity index (χ1) is 11.5. The van der Waals surface area contributed by atoms with Crippen LogP contribution < -0.4 is 16.4 Å². The van der Waals surface area contributed by atoms with E-state index in [-0.39, 0.29) is 5.91 Å². The van der Waals surface area contributed by atoms with Crippen molar-refractivity contribution >= 4 is 35.2 Å². The standard InChI is InChI=1S/C12H13N3O2S.C2HF3O2/c13-10(16)8-5-12(6-14-8)11(17)15-7-3-1-2-4-9(7)18-12;3-2(4,5)1(6)7/h1-4,8,14H,5-6H2,(H2,13,16)(H,15,17);(H,6,7)/t8-,12+;/m0./s1. The number of carbonyl (C=O) groups is 3.